The first kappa shape index (κ1) is 13.7. The Morgan fingerprint density at radius 3 is 2.75 bits per heavy atom. The van der Waals surface area contributed by atoms with E-state index in [9.17, 15) is 0 Å². The number of halogens is 1. The van der Waals surface area contributed by atoms with Crippen molar-refractivity contribution < 1.29 is 0 Å². The summed E-state index contributed by atoms with van der Waals surface area (Å²) in [6.07, 6.45) is 2.49. The lowest BCUT2D eigenvalue weighted by molar-refractivity contribution is 0.512. The molecule has 0 aliphatic heterocycles. The zero-order chi connectivity index (χ0) is 14.3. The third-order valence-corrected chi connectivity index (χ3v) is 4.12. The maximum atomic E-state index is 6.39. The fourth-order valence-corrected chi connectivity index (χ4v) is 2.94. The summed E-state index contributed by atoms with van der Waals surface area (Å²) in [6.45, 7) is 5.38. The number of hydrogen-bond donors (Lipinski definition) is 1. The number of imidazole rings is 1. The lowest BCUT2D eigenvalue weighted by Gasteiger charge is -2.11. The summed E-state index contributed by atoms with van der Waals surface area (Å²) in [5.41, 5.74) is 8.39. The van der Waals surface area contributed by atoms with E-state index in [1.165, 1.54) is 18.7 Å². The summed E-state index contributed by atoms with van der Waals surface area (Å²) < 4.78 is 3.28. The molecule has 3 rings (SSSR count). The second kappa shape index (κ2) is 5.24. The second-order valence-corrected chi connectivity index (χ2v) is 6.91. The predicted octanol–water partition coefficient (Wildman–Crippen LogP) is 4.43. The van der Waals surface area contributed by atoms with Crippen molar-refractivity contribution in [3.63, 3.8) is 0 Å². The highest BCUT2D eigenvalue weighted by Gasteiger charge is 2.31. The monoisotopic (exact) mass is 333 g/mol. The molecular formula is C16H20BrN3. The molecule has 0 spiro atoms. The van der Waals surface area contributed by atoms with E-state index in [0.717, 1.165) is 28.1 Å². The molecule has 2 N–H and O–H groups in total. The smallest absolute Gasteiger partial charge is 0.131 e. The van der Waals surface area contributed by atoms with Crippen LogP contribution in [0.5, 0.6) is 0 Å². The molecule has 2 aromatic rings. The zero-order valence-corrected chi connectivity index (χ0v) is 13.5. The van der Waals surface area contributed by atoms with Gasteiger partial charge in [0.05, 0.1) is 0 Å². The van der Waals surface area contributed by atoms with Crippen LogP contribution in [0.25, 0.3) is 11.3 Å². The maximum Gasteiger partial charge on any atom is 0.131 e. The first-order valence-electron chi connectivity index (χ1n) is 7.18. The van der Waals surface area contributed by atoms with Gasteiger partial charge in [-0.2, -0.15) is 0 Å². The molecule has 20 heavy (non-hydrogen) atoms. The van der Waals surface area contributed by atoms with Crippen molar-refractivity contribution in [2.75, 3.05) is 5.73 Å². The fourth-order valence-electron chi connectivity index (χ4n) is 2.54. The third-order valence-electron chi connectivity index (χ3n) is 3.62. The number of nitrogen functional groups attached to an aromatic ring is 1. The van der Waals surface area contributed by atoms with Gasteiger partial charge in [0.1, 0.15) is 17.3 Å². The van der Waals surface area contributed by atoms with Crippen LogP contribution in [0.1, 0.15) is 38.4 Å². The van der Waals surface area contributed by atoms with Crippen LogP contribution in [0.2, 0.25) is 0 Å². The molecule has 0 saturated heterocycles. The van der Waals surface area contributed by atoms with Gasteiger partial charge < -0.3 is 10.3 Å². The van der Waals surface area contributed by atoms with Crippen molar-refractivity contribution >= 4 is 21.7 Å². The highest BCUT2D eigenvalue weighted by atomic mass is 79.9. The number of aromatic nitrogens is 2. The Balaban J connectivity index is 2.07. The van der Waals surface area contributed by atoms with E-state index in [1.807, 2.05) is 12.1 Å². The van der Waals surface area contributed by atoms with E-state index in [4.69, 9.17) is 10.7 Å². The molecule has 106 valence electrons. The Labute approximate surface area is 128 Å². The van der Waals surface area contributed by atoms with Gasteiger partial charge in [-0.15, -0.1) is 0 Å². The Kier molecular flexibility index (Phi) is 3.59. The number of benzene rings is 1. The summed E-state index contributed by atoms with van der Waals surface area (Å²) >= 11 is 3.52. The van der Waals surface area contributed by atoms with E-state index in [0.29, 0.717) is 11.8 Å². The largest absolute Gasteiger partial charge is 0.383 e. The van der Waals surface area contributed by atoms with E-state index < -0.39 is 0 Å². The van der Waals surface area contributed by atoms with Crippen LogP contribution in [-0.4, -0.2) is 9.55 Å². The van der Waals surface area contributed by atoms with Crippen molar-refractivity contribution in [2.45, 2.75) is 39.2 Å². The molecule has 4 heteroatoms. The standard InChI is InChI=1S/C16H20BrN3/c1-10(2)9-20-15(18)14(19-16(20)11-6-7-11)12-4-3-5-13(17)8-12/h3-5,8,10-11H,6-7,9,18H2,1-2H3. The van der Waals surface area contributed by atoms with Crippen molar-refractivity contribution in [2.24, 2.45) is 5.92 Å². The molecule has 0 atom stereocenters. The van der Waals surface area contributed by atoms with Gasteiger partial charge in [0.2, 0.25) is 0 Å². The summed E-state index contributed by atoms with van der Waals surface area (Å²) in [5.74, 6) is 3.15. The van der Waals surface area contributed by atoms with Crippen LogP contribution in [0, 0.1) is 5.92 Å². The Hall–Kier alpha value is -1.29. The van der Waals surface area contributed by atoms with Crippen molar-refractivity contribution in [1.29, 1.82) is 0 Å². The number of nitrogens with two attached hydrogens (primary N) is 1. The molecule has 1 heterocycles. The van der Waals surface area contributed by atoms with Gasteiger partial charge in [-0.25, -0.2) is 4.98 Å². The number of nitrogens with zero attached hydrogens (tertiary/aromatic N) is 2. The van der Waals surface area contributed by atoms with Gasteiger partial charge in [-0.3, -0.25) is 0 Å². The van der Waals surface area contributed by atoms with Crippen molar-refractivity contribution in [3.8, 4) is 11.3 Å². The minimum Gasteiger partial charge on any atom is -0.383 e. The highest BCUT2D eigenvalue weighted by molar-refractivity contribution is 9.10. The molecular weight excluding hydrogens is 314 g/mol. The van der Waals surface area contributed by atoms with Gasteiger partial charge in [0.25, 0.3) is 0 Å². The first-order chi connectivity index (χ1) is 9.56. The molecule has 1 aromatic heterocycles. The predicted molar refractivity (Wildman–Crippen MR) is 86.6 cm³/mol. The molecule has 1 aromatic carbocycles. The van der Waals surface area contributed by atoms with E-state index in [-0.39, 0.29) is 0 Å². The van der Waals surface area contributed by atoms with Crippen molar-refractivity contribution in [3.05, 3.63) is 34.6 Å². The average Bonchev–Trinajstić information content (AvgIpc) is 3.17. The molecule has 0 radical (unpaired) electrons. The van der Waals surface area contributed by atoms with Crippen LogP contribution in [0.4, 0.5) is 5.82 Å². The normalized spacial score (nSPS) is 15.0. The number of hydrogen-bond acceptors (Lipinski definition) is 2. The Bertz CT molecular complexity index is 627. The lowest BCUT2D eigenvalue weighted by atomic mass is 10.1. The number of anilines is 1. The molecule has 0 bridgehead atoms. The van der Waals surface area contributed by atoms with E-state index >= 15 is 0 Å². The van der Waals surface area contributed by atoms with E-state index in [1.54, 1.807) is 0 Å². The van der Waals surface area contributed by atoms with Crippen LogP contribution in [-0.2, 0) is 6.54 Å². The average molecular weight is 334 g/mol. The SMILES string of the molecule is CC(C)Cn1c(C2CC2)nc(-c2cccc(Br)c2)c1N. The van der Waals surface area contributed by atoms with Crippen LogP contribution in [0.3, 0.4) is 0 Å². The zero-order valence-electron chi connectivity index (χ0n) is 11.9. The molecule has 1 saturated carbocycles. The quantitative estimate of drug-likeness (QED) is 0.899. The topological polar surface area (TPSA) is 43.8 Å². The lowest BCUT2D eigenvalue weighted by Crippen LogP contribution is -2.10. The minimum absolute atomic E-state index is 0.569. The Morgan fingerprint density at radius 1 is 1.40 bits per heavy atom. The van der Waals surface area contributed by atoms with Crippen LogP contribution < -0.4 is 5.73 Å². The minimum atomic E-state index is 0.569. The number of rotatable bonds is 4. The second-order valence-electron chi connectivity index (χ2n) is 5.99. The van der Waals surface area contributed by atoms with Gasteiger partial charge in [0, 0.05) is 22.5 Å². The molecule has 1 aliphatic rings. The van der Waals surface area contributed by atoms with E-state index in [2.05, 4.69) is 46.5 Å². The molecule has 0 unspecified atom stereocenters. The van der Waals surface area contributed by atoms with Crippen molar-refractivity contribution in [1.82, 2.24) is 9.55 Å². The van der Waals surface area contributed by atoms with Crippen LogP contribution >= 0.6 is 15.9 Å². The highest BCUT2D eigenvalue weighted by Crippen LogP contribution is 2.42. The van der Waals surface area contributed by atoms with Gasteiger partial charge >= 0.3 is 0 Å². The fraction of sp³-hybridized carbons (Fsp3) is 0.438. The summed E-state index contributed by atoms with van der Waals surface area (Å²) in [5, 5.41) is 0. The Morgan fingerprint density at radius 2 is 2.15 bits per heavy atom. The van der Waals surface area contributed by atoms with Gasteiger partial charge in [-0.1, -0.05) is 41.9 Å². The summed E-state index contributed by atoms with van der Waals surface area (Å²) in [7, 11) is 0. The first-order valence-corrected chi connectivity index (χ1v) is 7.97. The molecule has 3 nitrogen and oxygen atoms in total. The molecule has 1 fully saturated rings. The summed E-state index contributed by atoms with van der Waals surface area (Å²) in [4.78, 5) is 4.85. The molecule has 1 aliphatic carbocycles. The third kappa shape index (κ3) is 2.62. The van der Waals surface area contributed by atoms with Gasteiger partial charge in [0.15, 0.2) is 0 Å². The van der Waals surface area contributed by atoms with Gasteiger partial charge in [-0.05, 0) is 30.9 Å². The maximum absolute atomic E-state index is 6.39. The summed E-state index contributed by atoms with van der Waals surface area (Å²) in [6, 6.07) is 8.19. The van der Waals surface area contributed by atoms with Crippen LogP contribution in [0.15, 0.2) is 28.7 Å². The molecule has 0 amide bonds.